The maximum Gasteiger partial charge on any atom is 0.234 e. The van der Waals surface area contributed by atoms with Gasteiger partial charge in [0.05, 0.1) is 23.4 Å². The van der Waals surface area contributed by atoms with Gasteiger partial charge in [-0.3, -0.25) is 4.72 Å². The van der Waals surface area contributed by atoms with Crippen molar-refractivity contribution in [1.82, 2.24) is 4.98 Å². The summed E-state index contributed by atoms with van der Waals surface area (Å²) in [4.78, 5) is 4.61. The first kappa shape index (κ1) is 14.9. The molecule has 18 heavy (non-hydrogen) atoms. The van der Waals surface area contributed by atoms with Crippen molar-refractivity contribution >= 4 is 26.5 Å². The molecule has 1 rings (SSSR count). The first-order valence-electron chi connectivity index (χ1n) is 5.21. The SMILES string of the molecule is COCCCS(=O)(=O)Nc1ncc(C#CCN)s1. The maximum atomic E-state index is 11.6. The summed E-state index contributed by atoms with van der Waals surface area (Å²) in [5.74, 6) is 5.47. The average molecular weight is 289 g/mol. The molecule has 0 saturated heterocycles. The molecule has 8 heteroatoms. The Labute approximate surface area is 111 Å². The van der Waals surface area contributed by atoms with Crippen molar-refractivity contribution in [2.75, 3.05) is 30.7 Å². The summed E-state index contributed by atoms with van der Waals surface area (Å²) in [7, 11) is -1.84. The van der Waals surface area contributed by atoms with Gasteiger partial charge in [0.1, 0.15) is 0 Å². The Kier molecular flexibility index (Phi) is 6.07. The zero-order valence-electron chi connectivity index (χ0n) is 9.97. The van der Waals surface area contributed by atoms with Crippen LogP contribution < -0.4 is 10.5 Å². The second-order valence-corrected chi connectivity index (χ2v) is 6.18. The second kappa shape index (κ2) is 7.33. The molecule has 0 aromatic carbocycles. The molecule has 0 radical (unpaired) electrons. The van der Waals surface area contributed by atoms with E-state index >= 15 is 0 Å². The summed E-state index contributed by atoms with van der Waals surface area (Å²) in [6, 6.07) is 0. The molecule has 0 bridgehead atoms. The van der Waals surface area contributed by atoms with Gasteiger partial charge in [-0.25, -0.2) is 13.4 Å². The van der Waals surface area contributed by atoms with Crippen molar-refractivity contribution in [2.45, 2.75) is 6.42 Å². The van der Waals surface area contributed by atoms with Gasteiger partial charge >= 0.3 is 0 Å². The number of rotatable bonds is 6. The van der Waals surface area contributed by atoms with Crippen LogP contribution in [0.2, 0.25) is 0 Å². The Morgan fingerprint density at radius 1 is 1.61 bits per heavy atom. The minimum atomic E-state index is -3.37. The van der Waals surface area contributed by atoms with E-state index in [9.17, 15) is 8.42 Å². The van der Waals surface area contributed by atoms with Crippen molar-refractivity contribution in [2.24, 2.45) is 5.73 Å². The number of ether oxygens (including phenoxy) is 1. The van der Waals surface area contributed by atoms with Crippen molar-refractivity contribution in [3.8, 4) is 11.8 Å². The Morgan fingerprint density at radius 2 is 2.39 bits per heavy atom. The molecule has 3 N–H and O–H groups in total. The molecule has 1 aromatic rings. The molecule has 0 atom stereocenters. The summed E-state index contributed by atoms with van der Waals surface area (Å²) >= 11 is 1.18. The van der Waals surface area contributed by atoms with Crippen molar-refractivity contribution in [1.29, 1.82) is 0 Å². The molecule has 6 nitrogen and oxygen atoms in total. The number of nitrogens with zero attached hydrogens (tertiary/aromatic N) is 1. The number of aromatic nitrogens is 1. The predicted octanol–water partition coefficient (Wildman–Crippen LogP) is 0.232. The zero-order valence-corrected chi connectivity index (χ0v) is 11.6. The fraction of sp³-hybridized carbons (Fsp3) is 0.500. The largest absolute Gasteiger partial charge is 0.385 e. The molecular weight excluding hydrogens is 274 g/mol. The quantitative estimate of drug-likeness (QED) is 0.577. The van der Waals surface area contributed by atoms with Crippen LogP contribution in [-0.4, -0.2) is 39.4 Å². The second-order valence-electron chi connectivity index (χ2n) is 3.30. The number of sulfonamides is 1. The molecule has 1 aromatic heterocycles. The van der Waals surface area contributed by atoms with E-state index in [1.807, 2.05) is 0 Å². The van der Waals surface area contributed by atoms with Gasteiger partial charge in [-0.2, -0.15) is 0 Å². The third kappa shape index (κ3) is 5.46. The van der Waals surface area contributed by atoms with E-state index < -0.39 is 10.0 Å². The van der Waals surface area contributed by atoms with Crippen LogP contribution in [0.5, 0.6) is 0 Å². The molecule has 0 aliphatic rings. The van der Waals surface area contributed by atoms with Gasteiger partial charge < -0.3 is 10.5 Å². The fourth-order valence-electron chi connectivity index (χ4n) is 1.09. The fourth-order valence-corrected chi connectivity index (χ4v) is 3.10. The lowest BCUT2D eigenvalue weighted by molar-refractivity contribution is 0.199. The van der Waals surface area contributed by atoms with Gasteiger partial charge in [-0.1, -0.05) is 23.2 Å². The van der Waals surface area contributed by atoms with Crippen molar-refractivity contribution in [3.63, 3.8) is 0 Å². The third-order valence-corrected chi connectivity index (χ3v) is 4.11. The van der Waals surface area contributed by atoms with E-state index in [0.717, 1.165) is 0 Å². The van der Waals surface area contributed by atoms with Gasteiger partial charge in [0.25, 0.3) is 0 Å². The first-order valence-corrected chi connectivity index (χ1v) is 7.68. The Balaban J connectivity index is 2.58. The van der Waals surface area contributed by atoms with E-state index in [4.69, 9.17) is 10.5 Å². The van der Waals surface area contributed by atoms with Gasteiger partial charge in [0.15, 0.2) is 5.13 Å². The van der Waals surface area contributed by atoms with Gasteiger partial charge in [0, 0.05) is 13.7 Å². The Hall–Kier alpha value is -1.14. The maximum absolute atomic E-state index is 11.6. The number of hydrogen-bond acceptors (Lipinski definition) is 6. The molecule has 0 aliphatic carbocycles. The highest BCUT2D eigenvalue weighted by atomic mass is 32.2. The Morgan fingerprint density at radius 3 is 3.06 bits per heavy atom. The number of methoxy groups -OCH3 is 1. The summed E-state index contributed by atoms with van der Waals surface area (Å²) in [5.41, 5.74) is 5.24. The van der Waals surface area contributed by atoms with Crippen LogP contribution in [-0.2, 0) is 14.8 Å². The van der Waals surface area contributed by atoms with Crippen LogP contribution in [0.25, 0.3) is 0 Å². The van der Waals surface area contributed by atoms with Crippen molar-refractivity contribution < 1.29 is 13.2 Å². The van der Waals surface area contributed by atoms with Gasteiger partial charge in [-0.05, 0) is 6.42 Å². The van der Waals surface area contributed by atoms with E-state index in [-0.39, 0.29) is 12.3 Å². The smallest absolute Gasteiger partial charge is 0.234 e. The zero-order chi connectivity index (χ0) is 13.4. The molecule has 0 amide bonds. The number of thiazole rings is 1. The lowest BCUT2D eigenvalue weighted by atomic mass is 10.5. The summed E-state index contributed by atoms with van der Waals surface area (Å²) in [5, 5.41) is 0.314. The molecule has 0 unspecified atom stereocenters. The van der Waals surface area contributed by atoms with E-state index in [2.05, 4.69) is 21.5 Å². The molecule has 1 heterocycles. The highest BCUT2D eigenvalue weighted by Gasteiger charge is 2.12. The predicted molar refractivity (Wildman–Crippen MR) is 71.9 cm³/mol. The third-order valence-electron chi connectivity index (χ3n) is 1.82. The molecule has 0 spiro atoms. The lowest BCUT2D eigenvalue weighted by Crippen LogP contribution is -2.17. The number of anilines is 1. The highest BCUT2D eigenvalue weighted by molar-refractivity contribution is 7.92. The van der Waals surface area contributed by atoms with Crippen LogP contribution in [0.15, 0.2) is 6.20 Å². The van der Waals surface area contributed by atoms with E-state index in [1.165, 1.54) is 24.6 Å². The van der Waals surface area contributed by atoms with Crippen LogP contribution >= 0.6 is 11.3 Å². The molecule has 0 fully saturated rings. The van der Waals surface area contributed by atoms with Crippen LogP contribution in [0.4, 0.5) is 5.13 Å². The molecule has 0 saturated carbocycles. The van der Waals surface area contributed by atoms with Crippen LogP contribution in [0, 0.1) is 11.8 Å². The Bertz CT molecular complexity index is 528. The molecule has 100 valence electrons. The lowest BCUT2D eigenvalue weighted by Gasteiger charge is -2.03. The summed E-state index contributed by atoms with van der Waals surface area (Å²) in [6.07, 6.45) is 1.96. The number of nitrogens with one attached hydrogen (secondary N) is 1. The monoisotopic (exact) mass is 289 g/mol. The van der Waals surface area contributed by atoms with Crippen molar-refractivity contribution in [3.05, 3.63) is 11.1 Å². The topological polar surface area (TPSA) is 94.3 Å². The standard InChI is InChI=1S/C10H15N3O3S2/c1-16-6-3-7-18(14,15)13-10-12-8-9(17-10)4-2-5-11/h8H,3,5-7,11H2,1H3,(H,12,13). The first-order chi connectivity index (χ1) is 8.57. The summed E-state index contributed by atoms with van der Waals surface area (Å²) in [6.45, 7) is 0.669. The molecular formula is C10H15N3O3S2. The van der Waals surface area contributed by atoms with Crippen LogP contribution in [0.3, 0.4) is 0 Å². The van der Waals surface area contributed by atoms with Gasteiger partial charge in [-0.15, -0.1) is 0 Å². The molecule has 0 aliphatic heterocycles. The minimum absolute atomic E-state index is 0.00420. The minimum Gasteiger partial charge on any atom is -0.385 e. The average Bonchev–Trinajstić information content (AvgIpc) is 2.73. The highest BCUT2D eigenvalue weighted by Crippen LogP contribution is 2.18. The summed E-state index contributed by atoms with van der Waals surface area (Å²) < 4.78 is 30.5. The van der Waals surface area contributed by atoms with E-state index in [0.29, 0.717) is 23.0 Å². The van der Waals surface area contributed by atoms with Crippen LogP contribution in [0.1, 0.15) is 11.3 Å². The number of nitrogens with two attached hydrogens (primary N) is 1. The number of hydrogen-bond donors (Lipinski definition) is 2. The normalized spacial score (nSPS) is 10.8. The van der Waals surface area contributed by atoms with E-state index in [1.54, 1.807) is 0 Å². The van der Waals surface area contributed by atoms with Gasteiger partial charge in [0.2, 0.25) is 10.0 Å².